The number of aliphatic hydroxyl groups is 1. The van der Waals surface area contributed by atoms with E-state index < -0.39 is 97.5 Å². The Morgan fingerprint density at radius 3 is 0.816 bits per heavy atom. The third kappa shape index (κ3) is 61.3. The zero-order valence-electron chi connectivity index (χ0n) is 56.6. The Morgan fingerprint density at radius 2 is 0.552 bits per heavy atom. The first-order valence-electron chi connectivity index (χ1n) is 35.2. The quantitative estimate of drug-likeness (QED) is 0.0222. The lowest BCUT2D eigenvalue weighted by atomic mass is 10.00. The predicted molar refractivity (Wildman–Crippen MR) is 349 cm³/mol. The van der Waals surface area contributed by atoms with Crippen molar-refractivity contribution in [3.8, 4) is 0 Å². The Labute approximate surface area is 530 Å². The van der Waals surface area contributed by atoms with E-state index in [1.54, 1.807) is 0 Å². The van der Waals surface area contributed by atoms with Crippen molar-refractivity contribution in [2.75, 3.05) is 39.6 Å². The fraction of sp³-hybridized carbons (Fsp3) is 0.941. The minimum Gasteiger partial charge on any atom is -0.462 e. The normalized spacial score (nSPS) is 14.6. The van der Waals surface area contributed by atoms with Crippen LogP contribution in [-0.2, 0) is 65.4 Å². The largest absolute Gasteiger partial charge is 0.472 e. The van der Waals surface area contributed by atoms with Crippen molar-refractivity contribution in [3.63, 3.8) is 0 Å². The molecule has 0 aromatic carbocycles. The summed E-state index contributed by atoms with van der Waals surface area (Å²) < 4.78 is 68.2. The number of phosphoric acid groups is 2. The molecule has 3 N–H and O–H groups in total. The smallest absolute Gasteiger partial charge is 0.462 e. The second-order valence-corrected chi connectivity index (χ2v) is 29.1. The molecule has 0 radical (unpaired) electrons. The van der Waals surface area contributed by atoms with Gasteiger partial charge in [-0.15, -0.1) is 0 Å². The molecule has 19 heteroatoms. The Morgan fingerprint density at radius 1 is 0.322 bits per heavy atom. The van der Waals surface area contributed by atoms with Gasteiger partial charge in [0.1, 0.15) is 19.3 Å². The van der Waals surface area contributed by atoms with E-state index in [0.29, 0.717) is 31.6 Å². The summed E-state index contributed by atoms with van der Waals surface area (Å²) in [5.74, 6) is 0.816. The average Bonchev–Trinajstić information content (AvgIpc) is 3.69. The van der Waals surface area contributed by atoms with E-state index in [1.165, 1.54) is 128 Å². The zero-order chi connectivity index (χ0) is 64.7. The molecule has 516 valence electrons. The van der Waals surface area contributed by atoms with Crippen molar-refractivity contribution in [2.45, 2.75) is 350 Å². The first kappa shape index (κ1) is 85.1. The van der Waals surface area contributed by atoms with Gasteiger partial charge in [-0.1, -0.05) is 280 Å². The first-order chi connectivity index (χ1) is 41.6. The number of hydrogen-bond donors (Lipinski definition) is 3. The molecule has 0 saturated heterocycles. The van der Waals surface area contributed by atoms with E-state index in [1.807, 2.05) is 0 Å². The maximum Gasteiger partial charge on any atom is 0.472 e. The Hall–Kier alpha value is -1.94. The third-order valence-electron chi connectivity index (χ3n) is 15.9. The van der Waals surface area contributed by atoms with Crippen LogP contribution in [0.1, 0.15) is 331 Å². The Bertz CT molecular complexity index is 1730. The summed E-state index contributed by atoms with van der Waals surface area (Å²) in [6, 6.07) is 0. The number of hydrogen-bond acceptors (Lipinski definition) is 15. The topological polar surface area (TPSA) is 237 Å². The summed E-state index contributed by atoms with van der Waals surface area (Å²) in [5, 5.41) is 10.6. The predicted octanol–water partition coefficient (Wildman–Crippen LogP) is 18.9. The molecule has 0 saturated carbocycles. The highest BCUT2D eigenvalue weighted by atomic mass is 31.2. The minimum atomic E-state index is -4.95. The van der Waals surface area contributed by atoms with Crippen molar-refractivity contribution in [1.82, 2.24) is 0 Å². The fourth-order valence-corrected chi connectivity index (χ4v) is 11.7. The summed E-state index contributed by atoms with van der Waals surface area (Å²) in [7, 11) is -9.90. The standard InChI is InChI=1S/C68H132O17P2/c1-9-61(8)47-39-31-26-27-33-41-49-66(71)79-55-64(85-68(73)51-43-35-25-19-22-30-38-46-60(6)7)57-83-87(76,77)81-53-62(69)52-80-86(74,75)82-56-63(54-78-65(70)48-40-32-23-17-14-13-16-21-29-37-45-59(4)5)84-67(72)50-42-34-24-18-12-10-11-15-20-28-36-44-58(2)3/h58-64,69H,9-57H2,1-8H3,(H,74,75)(H,76,77)/t61?,62-,63-,64-/m1/s1. The molecule has 3 unspecified atom stereocenters. The number of carbonyl (C=O) groups excluding carboxylic acids is 4. The van der Waals surface area contributed by atoms with Gasteiger partial charge in [-0.3, -0.25) is 37.3 Å². The number of unbranched alkanes of at least 4 members (excludes halogenated alkanes) is 30. The summed E-state index contributed by atoms with van der Waals surface area (Å²) in [6.07, 6.45) is 39.0. The monoisotopic (exact) mass is 1280 g/mol. The van der Waals surface area contributed by atoms with Gasteiger partial charge in [0.2, 0.25) is 0 Å². The van der Waals surface area contributed by atoms with Gasteiger partial charge in [0.05, 0.1) is 26.4 Å². The number of esters is 4. The second-order valence-electron chi connectivity index (χ2n) is 26.2. The highest BCUT2D eigenvalue weighted by Gasteiger charge is 2.30. The zero-order valence-corrected chi connectivity index (χ0v) is 58.4. The SMILES string of the molecule is CCC(C)CCCCCCCCC(=O)OC[C@H](COP(=O)(O)OC[C@H](O)COP(=O)(O)OC[C@@H](COC(=O)CCCCCCCCCCCCC(C)C)OC(=O)CCCCCCCCCCCCCC(C)C)OC(=O)CCCCCCCCCC(C)C. The van der Waals surface area contributed by atoms with Gasteiger partial charge in [0, 0.05) is 25.7 Å². The maximum atomic E-state index is 13.0. The lowest BCUT2D eigenvalue weighted by molar-refractivity contribution is -0.161. The summed E-state index contributed by atoms with van der Waals surface area (Å²) in [6.45, 7) is 14.0. The van der Waals surface area contributed by atoms with Crippen LogP contribution in [0.2, 0.25) is 0 Å². The Balaban J connectivity index is 5.26. The van der Waals surface area contributed by atoms with E-state index in [2.05, 4.69) is 55.4 Å². The van der Waals surface area contributed by atoms with E-state index >= 15 is 0 Å². The van der Waals surface area contributed by atoms with Gasteiger partial charge in [-0.2, -0.15) is 0 Å². The molecule has 17 nitrogen and oxygen atoms in total. The van der Waals surface area contributed by atoms with Crippen LogP contribution in [0, 0.1) is 23.7 Å². The molecule has 0 heterocycles. The number of rotatable bonds is 65. The molecule has 0 spiro atoms. The molecular weight excluding hydrogens is 1150 g/mol. The van der Waals surface area contributed by atoms with Crippen LogP contribution < -0.4 is 0 Å². The van der Waals surface area contributed by atoms with Gasteiger partial charge >= 0.3 is 39.5 Å². The molecule has 0 aliphatic heterocycles. The molecule has 0 amide bonds. The molecule has 6 atom stereocenters. The first-order valence-corrected chi connectivity index (χ1v) is 38.2. The van der Waals surface area contributed by atoms with Gasteiger partial charge in [-0.25, -0.2) is 9.13 Å². The van der Waals surface area contributed by atoms with Gasteiger partial charge in [-0.05, 0) is 49.4 Å². The van der Waals surface area contributed by atoms with Crippen LogP contribution >= 0.6 is 15.6 Å². The summed E-state index contributed by atoms with van der Waals surface area (Å²) in [5.41, 5.74) is 0. The molecule has 87 heavy (non-hydrogen) atoms. The molecule has 0 fully saturated rings. The Kier molecular flexibility index (Phi) is 56.6. The molecule has 0 aromatic rings. The number of ether oxygens (including phenoxy) is 4. The van der Waals surface area contributed by atoms with Crippen molar-refractivity contribution < 1.29 is 80.2 Å². The van der Waals surface area contributed by atoms with Crippen molar-refractivity contribution in [2.24, 2.45) is 23.7 Å². The number of phosphoric ester groups is 2. The number of carbonyl (C=O) groups is 4. The van der Waals surface area contributed by atoms with Crippen molar-refractivity contribution in [1.29, 1.82) is 0 Å². The highest BCUT2D eigenvalue weighted by Crippen LogP contribution is 2.45. The van der Waals surface area contributed by atoms with E-state index in [0.717, 1.165) is 114 Å². The lowest BCUT2D eigenvalue weighted by Crippen LogP contribution is -2.30. The third-order valence-corrected chi connectivity index (χ3v) is 17.8. The van der Waals surface area contributed by atoms with Gasteiger partial charge < -0.3 is 33.8 Å². The van der Waals surface area contributed by atoms with Gasteiger partial charge in [0.25, 0.3) is 0 Å². The molecular formula is C68H132O17P2. The minimum absolute atomic E-state index is 0.102. The second kappa shape index (κ2) is 57.9. The summed E-state index contributed by atoms with van der Waals surface area (Å²) in [4.78, 5) is 72.4. The summed E-state index contributed by atoms with van der Waals surface area (Å²) >= 11 is 0. The van der Waals surface area contributed by atoms with Crippen molar-refractivity contribution >= 4 is 39.5 Å². The molecule has 0 rings (SSSR count). The fourth-order valence-electron chi connectivity index (χ4n) is 10.1. The molecule has 0 bridgehead atoms. The average molecular weight is 1280 g/mol. The molecule has 0 aliphatic rings. The van der Waals surface area contributed by atoms with E-state index in [-0.39, 0.29) is 25.7 Å². The molecule has 0 aliphatic carbocycles. The van der Waals surface area contributed by atoms with Crippen LogP contribution in [0.25, 0.3) is 0 Å². The van der Waals surface area contributed by atoms with Crippen LogP contribution in [-0.4, -0.2) is 96.7 Å². The van der Waals surface area contributed by atoms with E-state index in [9.17, 15) is 43.2 Å². The maximum absolute atomic E-state index is 13.0. The van der Waals surface area contributed by atoms with Gasteiger partial charge in [0.15, 0.2) is 12.2 Å². The van der Waals surface area contributed by atoms with Crippen molar-refractivity contribution in [3.05, 3.63) is 0 Å². The van der Waals surface area contributed by atoms with Crippen LogP contribution in [0.5, 0.6) is 0 Å². The van der Waals surface area contributed by atoms with Crippen LogP contribution in [0.15, 0.2) is 0 Å². The molecule has 0 aromatic heterocycles. The highest BCUT2D eigenvalue weighted by molar-refractivity contribution is 7.47. The van der Waals surface area contributed by atoms with E-state index in [4.69, 9.17) is 37.0 Å². The number of aliphatic hydroxyl groups excluding tert-OH is 1. The lowest BCUT2D eigenvalue weighted by Gasteiger charge is -2.21. The van der Waals surface area contributed by atoms with Crippen LogP contribution in [0.3, 0.4) is 0 Å². The van der Waals surface area contributed by atoms with Crippen LogP contribution in [0.4, 0.5) is 0 Å².